The van der Waals surface area contributed by atoms with Crippen LogP contribution in [-0.2, 0) is 14.6 Å². The van der Waals surface area contributed by atoms with E-state index in [0.29, 0.717) is 5.56 Å². The van der Waals surface area contributed by atoms with Gasteiger partial charge in [-0.05, 0) is 24.1 Å². The van der Waals surface area contributed by atoms with Crippen molar-refractivity contribution in [2.75, 3.05) is 6.26 Å². The maximum Gasteiger partial charge on any atom is 0.305 e. The van der Waals surface area contributed by atoms with Crippen LogP contribution in [0.5, 0.6) is 0 Å². The number of aliphatic carboxylic acids is 1. The molecule has 1 atom stereocenters. The van der Waals surface area contributed by atoms with E-state index < -0.39 is 27.8 Å². The van der Waals surface area contributed by atoms with Gasteiger partial charge in [-0.2, -0.15) is 0 Å². The van der Waals surface area contributed by atoms with Crippen LogP contribution in [0.2, 0.25) is 0 Å². The average Bonchev–Trinajstić information content (AvgIpc) is 2.96. The topological polar surface area (TPSA) is 101 Å². The van der Waals surface area contributed by atoms with Gasteiger partial charge in [0.05, 0.1) is 22.2 Å². The Bertz CT molecular complexity index is 870. The van der Waals surface area contributed by atoms with E-state index in [2.05, 4.69) is 5.32 Å². The zero-order valence-corrected chi connectivity index (χ0v) is 14.8. The van der Waals surface area contributed by atoms with Gasteiger partial charge in [-0.15, -0.1) is 11.3 Å². The van der Waals surface area contributed by atoms with Gasteiger partial charge < -0.3 is 10.4 Å². The number of carbonyl (C=O) groups excluding carboxylic acids is 1. The van der Waals surface area contributed by atoms with E-state index in [4.69, 9.17) is 5.11 Å². The smallest absolute Gasteiger partial charge is 0.305 e. The number of hydrogen-bond donors (Lipinski definition) is 2. The van der Waals surface area contributed by atoms with Crippen LogP contribution in [0.15, 0.2) is 40.6 Å². The van der Waals surface area contributed by atoms with Gasteiger partial charge in [0.2, 0.25) is 0 Å². The molecule has 0 fully saturated rings. The number of nitrogens with one attached hydrogen (secondary N) is 1. The third kappa shape index (κ3) is 4.42. The Morgan fingerprint density at radius 2 is 1.96 bits per heavy atom. The molecule has 2 aromatic rings. The summed E-state index contributed by atoms with van der Waals surface area (Å²) < 4.78 is 23.0. The third-order valence-electron chi connectivity index (χ3n) is 3.48. The van der Waals surface area contributed by atoms with Gasteiger partial charge in [0.1, 0.15) is 0 Å². The third-order valence-corrected chi connectivity index (χ3v) is 5.65. The van der Waals surface area contributed by atoms with Crippen LogP contribution in [-0.4, -0.2) is 31.7 Å². The van der Waals surface area contributed by atoms with Crippen LogP contribution >= 0.6 is 11.3 Å². The molecule has 6 nitrogen and oxygen atoms in total. The molecule has 0 aliphatic carbocycles. The highest BCUT2D eigenvalue weighted by atomic mass is 32.2. The quantitative estimate of drug-likeness (QED) is 0.816. The first kappa shape index (κ1) is 18.2. The van der Waals surface area contributed by atoms with Crippen molar-refractivity contribution in [1.82, 2.24) is 5.32 Å². The van der Waals surface area contributed by atoms with E-state index in [-0.39, 0.29) is 16.2 Å². The SMILES string of the molecule is Cc1ccccc1C(CC(=O)O)NC(=O)c1cc(S(C)(=O)=O)cs1. The van der Waals surface area contributed by atoms with Crippen LogP contribution in [0, 0.1) is 6.92 Å². The molecule has 1 amide bonds. The van der Waals surface area contributed by atoms with Crippen molar-refractivity contribution in [2.24, 2.45) is 0 Å². The molecule has 0 aliphatic heterocycles. The van der Waals surface area contributed by atoms with Crippen LogP contribution < -0.4 is 5.32 Å². The zero-order valence-electron chi connectivity index (χ0n) is 13.1. The van der Waals surface area contributed by atoms with Crippen molar-refractivity contribution in [3.8, 4) is 0 Å². The standard InChI is InChI=1S/C16H17NO5S2/c1-10-5-3-4-6-12(10)13(8-15(18)19)17-16(20)14-7-11(9-23-14)24(2,21)22/h3-7,9,13H,8H2,1-2H3,(H,17,20)(H,18,19). The van der Waals surface area contributed by atoms with Gasteiger partial charge in [0.25, 0.3) is 5.91 Å². The first-order valence-electron chi connectivity index (χ1n) is 7.05. The molecule has 1 unspecified atom stereocenters. The summed E-state index contributed by atoms with van der Waals surface area (Å²) in [5, 5.41) is 13.2. The monoisotopic (exact) mass is 367 g/mol. The number of carboxylic acids is 1. The molecule has 1 aromatic carbocycles. The molecule has 0 aliphatic rings. The lowest BCUT2D eigenvalue weighted by molar-refractivity contribution is -0.137. The fourth-order valence-electron chi connectivity index (χ4n) is 2.25. The van der Waals surface area contributed by atoms with Crippen molar-refractivity contribution >= 4 is 33.1 Å². The normalized spacial score (nSPS) is 12.6. The molecule has 0 saturated carbocycles. The van der Waals surface area contributed by atoms with Crippen molar-refractivity contribution in [3.05, 3.63) is 51.7 Å². The zero-order chi connectivity index (χ0) is 17.9. The molecule has 2 rings (SSSR count). The lowest BCUT2D eigenvalue weighted by Crippen LogP contribution is -2.30. The van der Waals surface area contributed by atoms with Crippen LogP contribution in [0.4, 0.5) is 0 Å². The molecule has 0 spiro atoms. The Morgan fingerprint density at radius 3 is 2.50 bits per heavy atom. The summed E-state index contributed by atoms with van der Waals surface area (Å²) in [6.45, 7) is 1.84. The lowest BCUT2D eigenvalue weighted by atomic mass is 9.98. The Hall–Kier alpha value is -2.19. The molecular weight excluding hydrogens is 350 g/mol. The molecule has 128 valence electrons. The van der Waals surface area contributed by atoms with Gasteiger partial charge in [-0.3, -0.25) is 9.59 Å². The van der Waals surface area contributed by atoms with Gasteiger partial charge in [0.15, 0.2) is 9.84 Å². The van der Waals surface area contributed by atoms with E-state index in [0.717, 1.165) is 23.2 Å². The van der Waals surface area contributed by atoms with E-state index in [1.807, 2.05) is 19.1 Å². The second kappa shape index (κ2) is 7.14. The van der Waals surface area contributed by atoms with Crippen molar-refractivity contribution in [3.63, 3.8) is 0 Å². The molecular formula is C16H17NO5S2. The van der Waals surface area contributed by atoms with Gasteiger partial charge in [-0.1, -0.05) is 24.3 Å². The molecule has 8 heteroatoms. The van der Waals surface area contributed by atoms with Crippen molar-refractivity contribution in [2.45, 2.75) is 24.3 Å². The Balaban J connectivity index is 2.26. The first-order chi connectivity index (χ1) is 11.2. The van der Waals surface area contributed by atoms with Gasteiger partial charge in [0, 0.05) is 11.6 Å². The summed E-state index contributed by atoms with van der Waals surface area (Å²) >= 11 is 1.01. The number of aryl methyl sites for hydroxylation is 1. The maximum absolute atomic E-state index is 12.4. The molecule has 2 N–H and O–H groups in total. The van der Waals surface area contributed by atoms with E-state index >= 15 is 0 Å². The van der Waals surface area contributed by atoms with Gasteiger partial charge in [-0.25, -0.2) is 8.42 Å². The number of carboxylic acid groups (broad SMARTS) is 1. The molecule has 1 heterocycles. The predicted octanol–water partition coefficient (Wildman–Crippen LogP) is 2.41. The second-order valence-electron chi connectivity index (χ2n) is 5.40. The number of sulfone groups is 1. The summed E-state index contributed by atoms with van der Waals surface area (Å²) in [5.74, 6) is -1.53. The minimum Gasteiger partial charge on any atom is -0.481 e. The van der Waals surface area contributed by atoms with Crippen LogP contribution in [0.3, 0.4) is 0 Å². The lowest BCUT2D eigenvalue weighted by Gasteiger charge is -2.19. The van der Waals surface area contributed by atoms with Crippen LogP contribution in [0.1, 0.15) is 33.3 Å². The number of rotatable bonds is 6. The maximum atomic E-state index is 12.4. The van der Waals surface area contributed by atoms with Crippen LogP contribution in [0.25, 0.3) is 0 Å². The molecule has 0 saturated heterocycles. The molecule has 0 radical (unpaired) electrons. The highest BCUT2D eigenvalue weighted by Crippen LogP contribution is 2.23. The number of hydrogen-bond acceptors (Lipinski definition) is 5. The molecule has 24 heavy (non-hydrogen) atoms. The summed E-state index contributed by atoms with van der Waals surface area (Å²) in [5.41, 5.74) is 1.58. The Kier molecular flexibility index (Phi) is 5.40. The summed E-state index contributed by atoms with van der Waals surface area (Å²) in [6, 6.07) is 7.81. The van der Waals surface area contributed by atoms with E-state index in [1.165, 1.54) is 11.4 Å². The Labute approximate surface area is 144 Å². The summed E-state index contributed by atoms with van der Waals surface area (Å²) in [7, 11) is -3.39. The van der Waals surface area contributed by atoms with Crippen molar-refractivity contribution < 1.29 is 23.1 Å². The number of amides is 1. The number of carbonyl (C=O) groups is 2. The minimum atomic E-state index is -3.39. The minimum absolute atomic E-state index is 0.0725. The second-order valence-corrected chi connectivity index (χ2v) is 8.33. The summed E-state index contributed by atoms with van der Waals surface area (Å²) in [4.78, 5) is 23.8. The predicted molar refractivity (Wildman–Crippen MR) is 91.1 cm³/mol. The Morgan fingerprint density at radius 1 is 1.29 bits per heavy atom. The highest BCUT2D eigenvalue weighted by Gasteiger charge is 2.22. The fourth-order valence-corrected chi connectivity index (χ4v) is 4.17. The first-order valence-corrected chi connectivity index (χ1v) is 9.82. The van der Waals surface area contributed by atoms with Crippen molar-refractivity contribution in [1.29, 1.82) is 0 Å². The number of thiophene rings is 1. The molecule has 0 bridgehead atoms. The highest BCUT2D eigenvalue weighted by molar-refractivity contribution is 7.90. The largest absolute Gasteiger partial charge is 0.481 e. The van der Waals surface area contributed by atoms with Gasteiger partial charge >= 0.3 is 5.97 Å². The summed E-state index contributed by atoms with van der Waals surface area (Å²) in [6.07, 6.45) is 0.804. The molecule has 1 aromatic heterocycles. The number of benzene rings is 1. The fraction of sp³-hybridized carbons (Fsp3) is 0.250. The van der Waals surface area contributed by atoms with E-state index in [1.54, 1.807) is 12.1 Å². The average molecular weight is 367 g/mol. The van der Waals surface area contributed by atoms with E-state index in [9.17, 15) is 18.0 Å².